The van der Waals surface area contributed by atoms with E-state index in [1.165, 1.54) is 0 Å². The third-order valence-electron chi connectivity index (χ3n) is 3.04. The van der Waals surface area contributed by atoms with E-state index >= 15 is 0 Å². The van der Waals surface area contributed by atoms with Gasteiger partial charge >= 0.3 is 0 Å². The average molecular weight is 319 g/mol. The summed E-state index contributed by atoms with van der Waals surface area (Å²) in [6.45, 7) is 12.3. The number of hydrogen-bond acceptors (Lipinski definition) is 3. The monoisotopic (exact) mass is 318 g/mol. The van der Waals surface area contributed by atoms with Gasteiger partial charge in [-0.05, 0) is 25.5 Å². The lowest BCUT2D eigenvalue weighted by Crippen LogP contribution is -2.43. The zero-order valence-electron chi connectivity index (χ0n) is 14.7. The van der Waals surface area contributed by atoms with Crippen LogP contribution in [0.4, 0.5) is 0 Å². The fourth-order valence-corrected chi connectivity index (χ4v) is 2.43. The van der Waals surface area contributed by atoms with Gasteiger partial charge in [0.05, 0.1) is 5.75 Å². The topological polar surface area (TPSA) is 49.4 Å². The maximum atomic E-state index is 11.7. The normalized spacial score (nSPS) is 14.3. The molecule has 1 fully saturated rings. The number of amides is 2. The van der Waals surface area contributed by atoms with Gasteiger partial charge in [0, 0.05) is 25.6 Å². The molecule has 0 aromatic heterocycles. The van der Waals surface area contributed by atoms with Gasteiger partial charge in [0.2, 0.25) is 11.8 Å². The van der Waals surface area contributed by atoms with E-state index in [0.29, 0.717) is 5.75 Å². The van der Waals surface area contributed by atoms with Crippen molar-refractivity contribution in [2.24, 2.45) is 5.92 Å². The summed E-state index contributed by atoms with van der Waals surface area (Å²) in [6.07, 6.45) is 4.50. The van der Waals surface area contributed by atoms with Crippen LogP contribution in [0.3, 0.4) is 0 Å². The molecule has 1 rings (SSSR count). The summed E-state index contributed by atoms with van der Waals surface area (Å²) in [5.41, 5.74) is 0. The van der Waals surface area contributed by atoms with E-state index in [-0.39, 0.29) is 17.7 Å². The molecular weight excluding hydrogens is 284 g/mol. The van der Waals surface area contributed by atoms with Crippen molar-refractivity contribution in [2.75, 3.05) is 31.6 Å². The largest absolute Gasteiger partial charge is 0.356 e. The van der Waals surface area contributed by atoms with Crippen molar-refractivity contribution in [1.82, 2.24) is 10.2 Å². The summed E-state index contributed by atoms with van der Waals surface area (Å²) in [5.74, 6) is 1.00. The third kappa shape index (κ3) is 9.77. The van der Waals surface area contributed by atoms with Gasteiger partial charge in [-0.3, -0.25) is 9.59 Å². The Hall–Kier alpha value is -0.710. The molecular formula is C16H34N2O2S. The van der Waals surface area contributed by atoms with Crippen molar-refractivity contribution in [2.45, 2.75) is 53.9 Å². The Morgan fingerprint density at radius 2 is 1.67 bits per heavy atom. The lowest BCUT2D eigenvalue weighted by molar-refractivity contribution is -0.133. The lowest BCUT2D eigenvalue weighted by Gasteiger charge is -2.31. The molecule has 4 nitrogen and oxygen atoms in total. The number of hydrogen-bond donors (Lipinski definition) is 1. The molecule has 0 saturated carbocycles. The van der Waals surface area contributed by atoms with Crippen molar-refractivity contribution in [3.05, 3.63) is 0 Å². The van der Waals surface area contributed by atoms with Crippen molar-refractivity contribution < 1.29 is 9.59 Å². The molecule has 0 unspecified atom stereocenters. The average Bonchev–Trinajstić information content (AvgIpc) is 2.56. The van der Waals surface area contributed by atoms with Crippen LogP contribution in [0.2, 0.25) is 0 Å². The van der Waals surface area contributed by atoms with Gasteiger partial charge in [0.1, 0.15) is 0 Å². The van der Waals surface area contributed by atoms with Gasteiger partial charge in [-0.15, -0.1) is 0 Å². The molecule has 1 aliphatic heterocycles. The highest BCUT2D eigenvalue weighted by Crippen LogP contribution is 2.18. The second-order valence-electron chi connectivity index (χ2n) is 4.38. The molecule has 2 amide bonds. The molecule has 1 heterocycles. The van der Waals surface area contributed by atoms with E-state index in [4.69, 9.17) is 0 Å². The molecule has 0 atom stereocenters. The number of rotatable bonds is 5. The van der Waals surface area contributed by atoms with Gasteiger partial charge in [-0.2, -0.15) is 11.8 Å². The molecule has 126 valence electrons. The predicted octanol–water partition coefficient (Wildman–Crippen LogP) is 3.17. The maximum Gasteiger partial charge on any atom is 0.232 e. The van der Waals surface area contributed by atoms with Crippen LogP contribution in [0.5, 0.6) is 0 Å². The fraction of sp³-hybridized carbons (Fsp3) is 0.875. The fourth-order valence-electron chi connectivity index (χ4n) is 2.00. The first-order chi connectivity index (χ1) is 10.2. The summed E-state index contributed by atoms with van der Waals surface area (Å²) in [6, 6.07) is 0. The first-order valence-corrected chi connectivity index (χ1v) is 9.62. The molecule has 1 aliphatic rings. The molecule has 0 bridgehead atoms. The summed E-state index contributed by atoms with van der Waals surface area (Å²) in [7, 11) is 0. The minimum atomic E-state index is 0.0971. The number of piperidine rings is 1. The number of thioether (sulfide) groups is 1. The zero-order valence-corrected chi connectivity index (χ0v) is 15.5. The van der Waals surface area contributed by atoms with Crippen LogP contribution in [0, 0.1) is 5.92 Å². The second-order valence-corrected chi connectivity index (χ2v) is 5.25. The van der Waals surface area contributed by atoms with E-state index in [1.807, 2.05) is 45.8 Å². The van der Waals surface area contributed by atoms with Gasteiger partial charge < -0.3 is 10.2 Å². The van der Waals surface area contributed by atoms with E-state index in [1.54, 1.807) is 11.8 Å². The molecule has 21 heavy (non-hydrogen) atoms. The second kappa shape index (κ2) is 15.7. The van der Waals surface area contributed by atoms with Crippen molar-refractivity contribution in [3.63, 3.8) is 0 Å². The highest BCUT2D eigenvalue weighted by Gasteiger charge is 2.26. The van der Waals surface area contributed by atoms with Crippen LogP contribution < -0.4 is 5.32 Å². The Kier molecular flexibility index (Phi) is 16.8. The predicted molar refractivity (Wildman–Crippen MR) is 93.7 cm³/mol. The van der Waals surface area contributed by atoms with Crippen LogP contribution >= 0.6 is 11.8 Å². The Bertz CT molecular complexity index is 265. The van der Waals surface area contributed by atoms with Crippen LogP contribution in [0.25, 0.3) is 0 Å². The molecule has 1 N–H and O–H groups in total. The lowest BCUT2D eigenvalue weighted by atomic mass is 9.96. The number of nitrogens with one attached hydrogen (secondary N) is 1. The molecule has 1 saturated heterocycles. The highest BCUT2D eigenvalue weighted by molar-refractivity contribution is 7.99. The van der Waals surface area contributed by atoms with Gasteiger partial charge in [0.25, 0.3) is 0 Å². The van der Waals surface area contributed by atoms with E-state index in [9.17, 15) is 9.59 Å². The quantitative estimate of drug-likeness (QED) is 0.847. The van der Waals surface area contributed by atoms with Crippen molar-refractivity contribution >= 4 is 23.6 Å². The Morgan fingerprint density at radius 3 is 2.10 bits per heavy atom. The van der Waals surface area contributed by atoms with E-state index in [0.717, 1.165) is 38.9 Å². The highest BCUT2D eigenvalue weighted by atomic mass is 32.2. The van der Waals surface area contributed by atoms with Crippen LogP contribution in [-0.2, 0) is 9.59 Å². The van der Waals surface area contributed by atoms with Crippen LogP contribution in [-0.4, -0.2) is 48.4 Å². The Morgan fingerprint density at radius 1 is 1.14 bits per heavy atom. The molecule has 0 aromatic carbocycles. The Labute approximate surface area is 135 Å². The molecule has 0 aromatic rings. The SMILES string of the molecule is CC.CC.CCCNC(=O)C1CCN(C(=O)CSC)CC1. The zero-order chi connectivity index (χ0) is 16.7. The van der Waals surface area contributed by atoms with Crippen LogP contribution in [0.1, 0.15) is 53.9 Å². The summed E-state index contributed by atoms with van der Waals surface area (Å²) >= 11 is 1.55. The van der Waals surface area contributed by atoms with Crippen molar-refractivity contribution in [3.8, 4) is 0 Å². The Balaban J connectivity index is 0. The number of likely N-dealkylation sites (tertiary alicyclic amines) is 1. The summed E-state index contributed by atoms with van der Waals surface area (Å²) < 4.78 is 0. The number of carbonyl (C=O) groups excluding carboxylic acids is 2. The standard InChI is InChI=1S/C12H22N2O2S.2C2H6/c1-3-6-13-12(16)10-4-7-14(8-5-10)11(15)9-17-2;2*1-2/h10H,3-9H2,1-2H3,(H,13,16);2*1-2H3. The van der Waals surface area contributed by atoms with E-state index in [2.05, 4.69) is 5.32 Å². The molecule has 5 heteroatoms. The minimum absolute atomic E-state index is 0.0971. The van der Waals surface area contributed by atoms with E-state index < -0.39 is 0 Å². The first-order valence-electron chi connectivity index (χ1n) is 8.23. The van der Waals surface area contributed by atoms with Crippen molar-refractivity contribution in [1.29, 1.82) is 0 Å². The maximum absolute atomic E-state index is 11.7. The molecule has 0 spiro atoms. The van der Waals surface area contributed by atoms with Gasteiger partial charge in [-0.25, -0.2) is 0 Å². The first kappa shape index (κ1) is 22.6. The van der Waals surface area contributed by atoms with Gasteiger partial charge in [0.15, 0.2) is 0 Å². The van der Waals surface area contributed by atoms with Crippen LogP contribution in [0.15, 0.2) is 0 Å². The third-order valence-corrected chi connectivity index (χ3v) is 3.57. The summed E-state index contributed by atoms with van der Waals surface area (Å²) in [5, 5.41) is 2.92. The van der Waals surface area contributed by atoms with Gasteiger partial charge in [-0.1, -0.05) is 34.6 Å². The number of carbonyl (C=O) groups is 2. The molecule has 0 aliphatic carbocycles. The minimum Gasteiger partial charge on any atom is -0.356 e. The number of nitrogens with zero attached hydrogens (tertiary/aromatic N) is 1. The molecule has 0 radical (unpaired) electrons. The summed E-state index contributed by atoms with van der Waals surface area (Å²) in [4.78, 5) is 25.3. The smallest absolute Gasteiger partial charge is 0.232 e.